The molecule has 0 fully saturated rings. The number of para-hydroxylation sites is 2. The largest absolute Gasteiger partial charge is 0.495 e. The van der Waals surface area contributed by atoms with Crippen LogP contribution in [0, 0.1) is 13.8 Å². The van der Waals surface area contributed by atoms with Gasteiger partial charge in [0, 0.05) is 5.56 Å². The molecule has 1 heterocycles. The second-order valence-corrected chi connectivity index (χ2v) is 6.98. The Morgan fingerprint density at radius 2 is 1.75 bits per heavy atom. The Morgan fingerprint density at radius 1 is 1.03 bits per heavy atom. The van der Waals surface area contributed by atoms with Gasteiger partial charge in [0.25, 0.3) is 5.91 Å². The topological polar surface area (TPSA) is 141 Å². The number of nitrogens with two attached hydrogens (primary N) is 1. The zero-order valence-electron chi connectivity index (χ0n) is 18.0. The maximum Gasteiger partial charge on any atom is 0.325 e. The third-order valence-electron chi connectivity index (χ3n) is 4.29. The molecule has 0 saturated carbocycles. The maximum atomic E-state index is 12.3. The minimum Gasteiger partial charge on any atom is -0.495 e. The number of rotatable bonds is 8. The number of aryl methyl sites for hydroxylation is 2. The normalized spacial score (nSPS) is 10.3. The van der Waals surface area contributed by atoms with Crippen molar-refractivity contribution in [3.05, 3.63) is 65.0 Å². The van der Waals surface area contributed by atoms with Crippen molar-refractivity contribution < 1.29 is 19.1 Å². The first-order chi connectivity index (χ1) is 15.3. The van der Waals surface area contributed by atoms with Crippen molar-refractivity contribution in [3.8, 4) is 5.75 Å². The van der Waals surface area contributed by atoms with Gasteiger partial charge in [0.05, 0.1) is 12.8 Å². The standard InChI is InChI=1S/C22H24N6O4/c1-13-8-14(2)10-15(9-13)20(30)24-11-19(29)32-12-18-26-21(23)28-22(27-18)25-16-6-4-5-7-17(16)31-3/h4-10H,11-12H2,1-3H3,(H,24,30)(H3,23,25,26,27,28). The first-order valence-corrected chi connectivity index (χ1v) is 9.76. The highest BCUT2D eigenvalue weighted by Gasteiger charge is 2.12. The van der Waals surface area contributed by atoms with Crippen LogP contribution in [0.4, 0.5) is 17.6 Å². The smallest absolute Gasteiger partial charge is 0.325 e. The lowest BCUT2D eigenvalue weighted by molar-refractivity contribution is -0.143. The van der Waals surface area contributed by atoms with Crippen LogP contribution >= 0.6 is 0 Å². The molecule has 2 aromatic carbocycles. The SMILES string of the molecule is COc1ccccc1Nc1nc(N)nc(COC(=O)CNC(=O)c2cc(C)cc(C)c2)n1. The Morgan fingerprint density at radius 3 is 2.47 bits per heavy atom. The molecule has 0 unspecified atom stereocenters. The summed E-state index contributed by atoms with van der Waals surface area (Å²) in [5.41, 5.74) is 8.78. The average Bonchev–Trinajstić information content (AvgIpc) is 2.75. The number of hydrogen-bond acceptors (Lipinski definition) is 9. The van der Waals surface area contributed by atoms with Gasteiger partial charge in [0.15, 0.2) is 12.4 Å². The van der Waals surface area contributed by atoms with Gasteiger partial charge < -0.3 is 25.8 Å². The van der Waals surface area contributed by atoms with E-state index in [1.807, 2.05) is 32.0 Å². The number of carbonyl (C=O) groups excluding carboxylic acids is 2. The lowest BCUT2D eigenvalue weighted by atomic mass is 10.1. The number of nitrogen functional groups attached to an aromatic ring is 1. The molecule has 32 heavy (non-hydrogen) atoms. The fourth-order valence-electron chi connectivity index (χ4n) is 2.98. The molecule has 0 spiro atoms. The molecule has 0 aliphatic carbocycles. The Balaban J connectivity index is 1.57. The minimum atomic E-state index is -0.638. The van der Waals surface area contributed by atoms with Crippen molar-refractivity contribution in [2.75, 3.05) is 24.7 Å². The summed E-state index contributed by atoms with van der Waals surface area (Å²) in [5.74, 6) is -0.104. The van der Waals surface area contributed by atoms with Gasteiger partial charge in [0.2, 0.25) is 11.9 Å². The van der Waals surface area contributed by atoms with Crippen molar-refractivity contribution in [1.82, 2.24) is 20.3 Å². The predicted octanol–water partition coefficient (Wildman–Crippen LogP) is 2.30. The van der Waals surface area contributed by atoms with E-state index in [-0.39, 0.29) is 36.8 Å². The zero-order valence-corrected chi connectivity index (χ0v) is 18.0. The predicted molar refractivity (Wildman–Crippen MR) is 119 cm³/mol. The number of nitrogens with one attached hydrogen (secondary N) is 2. The molecule has 3 aromatic rings. The number of esters is 1. The quantitative estimate of drug-likeness (QED) is 0.453. The summed E-state index contributed by atoms with van der Waals surface area (Å²) >= 11 is 0. The molecule has 0 radical (unpaired) electrons. The van der Waals surface area contributed by atoms with Gasteiger partial charge in [-0.2, -0.15) is 15.0 Å². The highest BCUT2D eigenvalue weighted by molar-refractivity contribution is 5.96. The van der Waals surface area contributed by atoms with Gasteiger partial charge in [-0.1, -0.05) is 29.3 Å². The molecular weight excluding hydrogens is 412 g/mol. The minimum absolute atomic E-state index is 0.0356. The van der Waals surface area contributed by atoms with Crippen molar-refractivity contribution in [2.24, 2.45) is 0 Å². The van der Waals surface area contributed by atoms with Gasteiger partial charge in [-0.25, -0.2) is 0 Å². The van der Waals surface area contributed by atoms with Crippen LogP contribution in [-0.2, 0) is 16.1 Å². The maximum absolute atomic E-state index is 12.3. The van der Waals surface area contributed by atoms with E-state index in [9.17, 15) is 9.59 Å². The Hall–Kier alpha value is -4.21. The Kier molecular flexibility index (Phi) is 7.17. The van der Waals surface area contributed by atoms with Gasteiger partial charge in [-0.05, 0) is 38.1 Å². The van der Waals surface area contributed by atoms with E-state index >= 15 is 0 Å². The van der Waals surface area contributed by atoms with Crippen molar-refractivity contribution in [2.45, 2.75) is 20.5 Å². The molecular formula is C22H24N6O4. The van der Waals surface area contributed by atoms with Crippen molar-refractivity contribution >= 4 is 29.5 Å². The van der Waals surface area contributed by atoms with Crippen LogP contribution in [0.15, 0.2) is 42.5 Å². The summed E-state index contributed by atoms with van der Waals surface area (Å²) in [6.45, 7) is 3.27. The molecule has 0 aliphatic rings. The lowest BCUT2D eigenvalue weighted by Crippen LogP contribution is -2.30. The van der Waals surface area contributed by atoms with E-state index in [0.29, 0.717) is 17.0 Å². The second-order valence-electron chi connectivity index (χ2n) is 6.98. The van der Waals surface area contributed by atoms with E-state index in [2.05, 4.69) is 25.6 Å². The number of amides is 1. The Bertz CT molecular complexity index is 1110. The summed E-state index contributed by atoms with van der Waals surface area (Å²) in [7, 11) is 1.55. The van der Waals surface area contributed by atoms with Gasteiger partial charge in [-0.3, -0.25) is 9.59 Å². The fourth-order valence-corrected chi connectivity index (χ4v) is 2.98. The summed E-state index contributed by atoms with van der Waals surface area (Å²) in [4.78, 5) is 36.5. The molecule has 0 atom stereocenters. The van der Waals surface area contributed by atoms with Gasteiger partial charge in [0.1, 0.15) is 12.3 Å². The van der Waals surface area contributed by atoms with E-state index in [1.54, 1.807) is 31.4 Å². The second kappa shape index (κ2) is 10.2. The van der Waals surface area contributed by atoms with E-state index in [0.717, 1.165) is 11.1 Å². The number of carbonyl (C=O) groups is 2. The molecule has 0 saturated heterocycles. The number of hydrogen-bond donors (Lipinski definition) is 3. The van der Waals surface area contributed by atoms with Crippen LogP contribution in [-0.4, -0.2) is 40.5 Å². The third kappa shape index (κ3) is 6.14. The monoisotopic (exact) mass is 436 g/mol. The first kappa shape index (κ1) is 22.5. The van der Waals surface area contributed by atoms with Crippen LogP contribution < -0.4 is 21.1 Å². The lowest BCUT2D eigenvalue weighted by Gasteiger charge is -2.11. The molecule has 4 N–H and O–H groups in total. The van der Waals surface area contributed by atoms with Crippen LogP contribution in [0.3, 0.4) is 0 Å². The van der Waals surface area contributed by atoms with Crippen LogP contribution in [0.1, 0.15) is 27.3 Å². The van der Waals surface area contributed by atoms with E-state index in [4.69, 9.17) is 15.2 Å². The summed E-state index contributed by atoms with van der Waals surface area (Å²) < 4.78 is 10.4. The third-order valence-corrected chi connectivity index (χ3v) is 4.29. The number of nitrogens with zero attached hydrogens (tertiary/aromatic N) is 3. The molecule has 10 heteroatoms. The summed E-state index contributed by atoms with van der Waals surface area (Å²) in [6, 6.07) is 12.7. The molecule has 166 valence electrons. The Labute approximate surface area is 185 Å². The zero-order chi connectivity index (χ0) is 23.1. The van der Waals surface area contributed by atoms with E-state index < -0.39 is 5.97 Å². The molecule has 1 aromatic heterocycles. The summed E-state index contributed by atoms with van der Waals surface area (Å²) in [5, 5.41) is 5.53. The molecule has 1 amide bonds. The number of methoxy groups -OCH3 is 1. The van der Waals surface area contributed by atoms with Crippen molar-refractivity contribution in [1.29, 1.82) is 0 Å². The van der Waals surface area contributed by atoms with E-state index in [1.165, 1.54) is 0 Å². The highest BCUT2D eigenvalue weighted by atomic mass is 16.5. The number of anilines is 3. The molecule has 3 rings (SSSR count). The first-order valence-electron chi connectivity index (χ1n) is 9.76. The van der Waals surface area contributed by atoms with Crippen LogP contribution in [0.25, 0.3) is 0 Å². The fraction of sp³-hybridized carbons (Fsp3) is 0.227. The number of ether oxygens (including phenoxy) is 2. The molecule has 0 bridgehead atoms. The average molecular weight is 436 g/mol. The summed E-state index contributed by atoms with van der Waals surface area (Å²) in [6.07, 6.45) is 0. The van der Waals surface area contributed by atoms with Crippen molar-refractivity contribution in [3.63, 3.8) is 0 Å². The number of benzene rings is 2. The number of aromatic nitrogens is 3. The van der Waals surface area contributed by atoms with Gasteiger partial charge >= 0.3 is 5.97 Å². The van der Waals surface area contributed by atoms with Gasteiger partial charge in [-0.15, -0.1) is 0 Å². The van der Waals surface area contributed by atoms with Crippen LogP contribution in [0.5, 0.6) is 5.75 Å². The van der Waals surface area contributed by atoms with Crippen LogP contribution in [0.2, 0.25) is 0 Å². The molecule has 0 aliphatic heterocycles. The highest BCUT2D eigenvalue weighted by Crippen LogP contribution is 2.25. The molecule has 10 nitrogen and oxygen atoms in total.